The fraction of sp³-hybridized carbons (Fsp3) is 0.304. The highest BCUT2D eigenvalue weighted by Crippen LogP contribution is 2.36. The molecule has 8 heteroatoms. The Balaban J connectivity index is 1.29. The molecule has 2 N–H and O–H groups in total. The Morgan fingerprint density at radius 2 is 1.90 bits per heavy atom. The first-order chi connectivity index (χ1) is 15.1. The van der Waals surface area contributed by atoms with Crippen molar-refractivity contribution < 1.29 is 9.59 Å². The van der Waals surface area contributed by atoms with Crippen LogP contribution in [0.3, 0.4) is 0 Å². The third-order valence-corrected chi connectivity index (χ3v) is 6.33. The van der Waals surface area contributed by atoms with E-state index < -0.39 is 5.56 Å². The second-order valence-corrected chi connectivity index (χ2v) is 8.24. The van der Waals surface area contributed by atoms with Crippen LogP contribution in [0, 0.1) is 5.92 Å². The number of amides is 2. The molecule has 3 unspecified atom stereocenters. The lowest BCUT2D eigenvalue weighted by molar-refractivity contribution is 0.0732. The maximum Gasteiger partial charge on any atom is 0.264 e. The van der Waals surface area contributed by atoms with Gasteiger partial charge in [0, 0.05) is 48.3 Å². The topological polar surface area (TPSA) is 100 Å². The largest absolute Gasteiger partial charge is 0.349 e. The number of rotatable bonds is 4. The molecule has 2 bridgehead atoms. The van der Waals surface area contributed by atoms with Gasteiger partial charge in [-0.25, -0.2) is 5.10 Å². The third kappa shape index (κ3) is 3.76. The van der Waals surface area contributed by atoms with Crippen LogP contribution in [0.2, 0.25) is 0 Å². The SMILES string of the molecule is O=C(NC1CCC2CC1CN2C(=O)c1cccc(-n2cccc2)c1)c1cn[nH]c(=O)c1. The van der Waals surface area contributed by atoms with Crippen molar-refractivity contribution in [3.63, 3.8) is 0 Å². The molecule has 1 aliphatic carbocycles. The predicted molar refractivity (Wildman–Crippen MR) is 114 cm³/mol. The molecule has 2 fully saturated rings. The molecule has 3 atom stereocenters. The summed E-state index contributed by atoms with van der Waals surface area (Å²) in [6.07, 6.45) is 7.79. The number of nitrogens with zero attached hydrogens (tertiary/aromatic N) is 3. The quantitative estimate of drug-likeness (QED) is 0.678. The van der Waals surface area contributed by atoms with E-state index in [0.717, 1.165) is 24.9 Å². The maximum absolute atomic E-state index is 13.3. The summed E-state index contributed by atoms with van der Waals surface area (Å²) in [7, 11) is 0. The van der Waals surface area contributed by atoms with Gasteiger partial charge >= 0.3 is 0 Å². The molecule has 1 aromatic carbocycles. The fourth-order valence-electron chi connectivity index (χ4n) is 4.79. The van der Waals surface area contributed by atoms with Crippen molar-refractivity contribution in [2.75, 3.05) is 6.54 Å². The summed E-state index contributed by atoms with van der Waals surface area (Å²) in [5.74, 6) is -0.0623. The number of aromatic amines is 1. The van der Waals surface area contributed by atoms with E-state index in [1.165, 1.54) is 12.3 Å². The number of fused-ring (bicyclic) bond motifs is 2. The van der Waals surface area contributed by atoms with Crippen LogP contribution in [0.1, 0.15) is 40.0 Å². The lowest BCUT2D eigenvalue weighted by Crippen LogP contribution is -2.42. The van der Waals surface area contributed by atoms with Crippen LogP contribution in [-0.4, -0.2) is 50.1 Å². The van der Waals surface area contributed by atoms with Crippen molar-refractivity contribution in [2.24, 2.45) is 5.92 Å². The Morgan fingerprint density at radius 3 is 2.71 bits per heavy atom. The van der Waals surface area contributed by atoms with Gasteiger partial charge in [-0.2, -0.15) is 5.10 Å². The number of aromatic nitrogens is 3. The molecule has 0 radical (unpaired) electrons. The highest BCUT2D eigenvalue weighted by Gasteiger charge is 2.43. The minimum absolute atomic E-state index is 0.0213. The standard InChI is InChI=1S/C23H23N5O3/c29-21-12-16(13-24-26-21)22(30)25-20-7-6-19-11-17(20)14-28(19)23(31)15-4-3-5-18(10-15)27-8-1-2-9-27/h1-5,8-10,12-13,17,19-20H,6-7,11,14H2,(H,25,30)(H,26,29). The van der Waals surface area contributed by atoms with Gasteiger partial charge < -0.3 is 14.8 Å². The van der Waals surface area contributed by atoms with E-state index in [2.05, 4.69) is 15.5 Å². The number of carbonyl (C=O) groups excluding carboxylic acids is 2. The van der Waals surface area contributed by atoms with Crippen LogP contribution < -0.4 is 10.9 Å². The predicted octanol–water partition coefficient (Wildman–Crippen LogP) is 1.98. The molecule has 3 aromatic rings. The summed E-state index contributed by atoms with van der Waals surface area (Å²) in [5.41, 5.74) is 1.47. The van der Waals surface area contributed by atoms with Crippen molar-refractivity contribution in [1.29, 1.82) is 0 Å². The zero-order valence-electron chi connectivity index (χ0n) is 16.9. The van der Waals surface area contributed by atoms with E-state index in [0.29, 0.717) is 12.1 Å². The van der Waals surface area contributed by atoms with Crippen molar-refractivity contribution >= 4 is 11.8 Å². The third-order valence-electron chi connectivity index (χ3n) is 6.33. The molecule has 8 nitrogen and oxygen atoms in total. The molecule has 1 saturated heterocycles. The van der Waals surface area contributed by atoms with Gasteiger partial charge in [0.05, 0.1) is 11.8 Å². The molecular formula is C23H23N5O3. The van der Waals surface area contributed by atoms with Crippen LogP contribution in [0.5, 0.6) is 0 Å². The van der Waals surface area contributed by atoms with Gasteiger partial charge in [-0.05, 0) is 55.5 Å². The van der Waals surface area contributed by atoms with E-state index in [1.54, 1.807) is 0 Å². The summed E-state index contributed by atoms with van der Waals surface area (Å²) >= 11 is 0. The molecule has 0 spiro atoms. The molecular weight excluding hydrogens is 394 g/mol. The number of H-pyrrole nitrogens is 1. The summed E-state index contributed by atoms with van der Waals surface area (Å²) in [5, 5.41) is 9.00. The second kappa shape index (κ2) is 7.86. The Hall–Kier alpha value is -3.68. The Bertz CT molecular complexity index is 1170. The molecule has 3 heterocycles. The normalized spacial score (nSPS) is 22.3. The molecule has 2 aliphatic rings. The first-order valence-electron chi connectivity index (χ1n) is 10.5. The van der Waals surface area contributed by atoms with Crippen molar-refractivity contribution in [3.8, 4) is 5.69 Å². The van der Waals surface area contributed by atoms with Crippen LogP contribution in [0.15, 0.2) is 65.8 Å². The average molecular weight is 417 g/mol. The number of hydrogen-bond acceptors (Lipinski definition) is 4. The number of benzene rings is 1. The van der Waals surface area contributed by atoms with Gasteiger partial charge in [0.1, 0.15) is 0 Å². The van der Waals surface area contributed by atoms with Gasteiger partial charge in [0.25, 0.3) is 17.4 Å². The van der Waals surface area contributed by atoms with E-state index in [-0.39, 0.29) is 35.4 Å². The highest BCUT2D eigenvalue weighted by molar-refractivity contribution is 5.95. The van der Waals surface area contributed by atoms with E-state index in [9.17, 15) is 14.4 Å². The van der Waals surface area contributed by atoms with Crippen LogP contribution in [0.25, 0.3) is 5.69 Å². The fourth-order valence-corrected chi connectivity index (χ4v) is 4.79. The molecule has 2 amide bonds. The van der Waals surface area contributed by atoms with Crippen molar-refractivity contribution in [2.45, 2.75) is 31.3 Å². The number of carbonyl (C=O) groups is 2. The van der Waals surface area contributed by atoms with E-state index in [1.807, 2.05) is 58.3 Å². The smallest absolute Gasteiger partial charge is 0.264 e. The van der Waals surface area contributed by atoms with Gasteiger partial charge in [0.15, 0.2) is 0 Å². The maximum atomic E-state index is 13.3. The van der Waals surface area contributed by atoms with Gasteiger partial charge in [-0.1, -0.05) is 6.07 Å². The first kappa shape index (κ1) is 19.3. The molecule has 1 saturated carbocycles. The van der Waals surface area contributed by atoms with Crippen LogP contribution >= 0.6 is 0 Å². The number of nitrogens with one attached hydrogen (secondary N) is 2. The minimum atomic E-state index is -0.406. The monoisotopic (exact) mass is 417 g/mol. The lowest BCUT2D eigenvalue weighted by Gasteiger charge is -2.29. The Morgan fingerprint density at radius 1 is 1.06 bits per heavy atom. The lowest BCUT2D eigenvalue weighted by atomic mass is 9.85. The summed E-state index contributed by atoms with van der Waals surface area (Å²) < 4.78 is 1.98. The van der Waals surface area contributed by atoms with Crippen molar-refractivity contribution in [1.82, 2.24) is 25.0 Å². The molecule has 158 valence electrons. The Kier molecular flexibility index (Phi) is 4.89. The molecule has 31 heavy (non-hydrogen) atoms. The van der Waals surface area contributed by atoms with Crippen LogP contribution in [-0.2, 0) is 0 Å². The first-order valence-corrected chi connectivity index (χ1v) is 10.5. The van der Waals surface area contributed by atoms with Crippen LogP contribution in [0.4, 0.5) is 0 Å². The minimum Gasteiger partial charge on any atom is -0.349 e. The number of hydrogen-bond donors (Lipinski definition) is 2. The molecule has 5 rings (SSSR count). The van der Waals surface area contributed by atoms with Gasteiger partial charge in [0.2, 0.25) is 0 Å². The number of likely N-dealkylation sites (tertiary alicyclic amines) is 1. The van der Waals surface area contributed by atoms with Gasteiger partial charge in [-0.3, -0.25) is 14.4 Å². The average Bonchev–Trinajstić information content (AvgIpc) is 3.44. The molecule has 2 aromatic heterocycles. The summed E-state index contributed by atoms with van der Waals surface area (Å²) in [4.78, 5) is 39.2. The zero-order chi connectivity index (χ0) is 21.4. The second-order valence-electron chi connectivity index (χ2n) is 8.24. The molecule has 1 aliphatic heterocycles. The van der Waals surface area contributed by atoms with Crippen molar-refractivity contribution in [3.05, 3.63) is 82.5 Å². The van der Waals surface area contributed by atoms with E-state index in [4.69, 9.17) is 0 Å². The van der Waals surface area contributed by atoms with E-state index >= 15 is 0 Å². The Labute approximate surface area is 178 Å². The summed E-state index contributed by atoms with van der Waals surface area (Å²) in [6, 6.07) is 13.0. The summed E-state index contributed by atoms with van der Waals surface area (Å²) in [6.45, 7) is 0.621. The van der Waals surface area contributed by atoms with Gasteiger partial charge in [-0.15, -0.1) is 0 Å². The highest BCUT2D eigenvalue weighted by atomic mass is 16.2. The zero-order valence-corrected chi connectivity index (χ0v) is 16.9.